The smallest absolute Gasteiger partial charge is 0.268 e. The van der Waals surface area contributed by atoms with Gasteiger partial charge in [-0.15, -0.1) is 0 Å². The molecule has 1 aromatic heterocycles. The van der Waals surface area contributed by atoms with Crippen molar-refractivity contribution < 1.29 is 13.2 Å². The molecule has 0 unspecified atom stereocenters. The number of sulfonamides is 1. The molecule has 2 aromatic rings. The van der Waals surface area contributed by atoms with Crippen LogP contribution in [0.25, 0.3) is 0 Å². The lowest BCUT2D eigenvalue weighted by Crippen LogP contribution is -2.38. The maximum Gasteiger partial charge on any atom is 0.268 e. The van der Waals surface area contributed by atoms with E-state index in [0.717, 1.165) is 24.0 Å². The Labute approximate surface area is 167 Å². The molecule has 0 radical (unpaired) electrons. The second-order valence-corrected chi connectivity index (χ2v) is 9.64. The molecule has 7 heteroatoms. The third kappa shape index (κ3) is 4.00. The van der Waals surface area contributed by atoms with Crippen LogP contribution >= 0.6 is 0 Å². The van der Waals surface area contributed by atoms with Crippen molar-refractivity contribution in [3.63, 3.8) is 0 Å². The number of rotatable bonds is 5. The first-order chi connectivity index (χ1) is 13.2. The number of aromatic nitrogens is 1. The topological polar surface area (TPSA) is 71.4 Å². The van der Waals surface area contributed by atoms with Crippen molar-refractivity contribution in [3.05, 3.63) is 52.8 Å². The fourth-order valence-electron chi connectivity index (χ4n) is 3.59. The summed E-state index contributed by atoms with van der Waals surface area (Å²) < 4.78 is 29.4. The normalized spacial score (nSPS) is 16.3. The minimum Gasteiger partial charge on any atom is -0.347 e. The summed E-state index contributed by atoms with van der Waals surface area (Å²) in [6, 6.07) is 9.37. The number of nitrogens with zero attached hydrogens (tertiary/aromatic N) is 2. The number of hydrogen-bond acceptors (Lipinski definition) is 3. The van der Waals surface area contributed by atoms with E-state index in [9.17, 15) is 13.2 Å². The molecule has 0 atom stereocenters. The molecule has 1 aliphatic rings. The molecule has 3 rings (SSSR count). The standard InChI is InChI=1S/C21H29N3O3S/c1-15-9-11-24(12-10-15)28(26,27)20-13-19(23(4)17(20)3)21(25)22-14-18-8-6-5-7-16(18)2/h5-8,13,15H,9-12,14H2,1-4H3,(H,22,25). The monoisotopic (exact) mass is 403 g/mol. The predicted molar refractivity (Wildman–Crippen MR) is 110 cm³/mol. The Morgan fingerprint density at radius 1 is 1.18 bits per heavy atom. The molecule has 0 bridgehead atoms. The van der Waals surface area contributed by atoms with Crippen LogP contribution < -0.4 is 5.32 Å². The molecular weight excluding hydrogens is 374 g/mol. The molecule has 1 fully saturated rings. The SMILES string of the molecule is Cc1ccccc1CNC(=O)c1cc(S(=O)(=O)N2CCC(C)CC2)c(C)n1C. The van der Waals surface area contributed by atoms with Gasteiger partial charge < -0.3 is 9.88 Å². The fourth-order valence-corrected chi connectivity index (χ4v) is 5.33. The van der Waals surface area contributed by atoms with Gasteiger partial charge in [-0.3, -0.25) is 4.79 Å². The van der Waals surface area contributed by atoms with Crippen molar-refractivity contribution in [2.24, 2.45) is 13.0 Å². The summed E-state index contributed by atoms with van der Waals surface area (Å²) in [5, 5.41) is 2.91. The molecule has 1 aliphatic heterocycles. The van der Waals surface area contributed by atoms with E-state index in [1.54, 1.807) is 22.8 Å². The first-order valence-electron chi connectivity index (χ1n) is 9.71. The van der Waals surface area contributed by atoms with E-state index in [-0.39, 0.29) is 10.8 Å². The fraction of sp³-hybridized carbons (Fsp3) is 0.476. The van der Waals surface area contributed by atoms with Gasteiger partial charge in [0, 0.05) is 32.4 Å². The second-order valence-electron chi connectivity index (χ2n) is 7.73. The van der Waals surface area contributed by atoms with Crippen LogP contribution in [0.15, 0.2) is 35.2 Å². The third-order valence-electron chi connectivity index (χ3n) is 5.78. The highest BCUT2D eigenvalue weighted by molar-refractivity contribution is 7.89. The van der Waals surface area contributed by atoms with Gasteiger partial charge in [0.25, 0.3) is 5.91 Å². The van der Waals surface area contributed by atoms with Gasteiger partial charge in [0.1, 0.15) is 10.6 Å². The lowest BCUT2D eigenvalue weighted by Gasteiger charge is -2.29. The first-order valence-corrected chi connectivity index (χ1v) is 11.1. The Kier molecular flexibility index (Phi) is 5.95. The van der Waals surface area contributed by atoms with Gasteiger partial charge in [-0.2, -0.15) is 4.31 Å². The van der Waals surface area contributed by atoms with Crippen LogP contribution in [0.2, 0.25) is 0 Å². The summed E-state index contributed by atoms with van der Waals surface area (Å²) in [5.41, 5.74) is 3.08. The van der Waals surface area contributed by atoms with Crippen molar-refractivity contribution in [2.75, 3.05) is 13.1 Å². The molecule has 0 saturated carbocycles. The highest BCUT2D eigenvalue weighted by Crippen LogP contribution is 2.27. The Hall–Kier alpha value is -2.12. The molecule has 152 valence electrons. The lowest BCUT2D eigenvalue weighted by molar-refractivity contribution is 0.0942. The molecule has 2 heterocycles. The summed E-state index contributed by atoms with van der Waals surface area (Å²) in [5.74, 6) is 0.272. The molecule has 28 heavy (non-hydrogen) atoms. The first kappa shape index (κ1) is 20.6. The number of carbonyl (C=O) groups is 1. The second kappa shape index (κ2) is 8.09. The molecule has 1 amide bonds. The zero-order chi connectivity index (χ0) is 20.5. The maximum atomic E-state index is 13.1. The van der Waals surface area contributed by atoms with E-state index in [1.165, 1.54) is 6.07 Å². The molecule has 1 N–H and O–H groups in total. The zero-order valence-electron chi connectivity index (χ0n) is 17.0. The number of nitrogens with one attached hydrogen (secondary N) is 1. The van der Waals surface area contributed by atoms with Crippen molar-refractivity contribution in [3.8, 4) is 0 Å². The minimum atomic E-state index is -3.59. The number of aryl methyl sites for hydroxylation is 1. The van der Waals surface area contributed by atoms with Crippen LogP contribution in [0, 0.1) is 19.8 Å². The van der Waals surface area contributed by atoms with E-state index < -0.39 is 10.0 Å². The predicted octanol–water partition coefficient (Wildman–Crippen LogP) is 2.99. The van der Waals surface area contributed by atoms with Crippen molar-refractivity contribution >= 4 is 15.9 Å². The summed E-state index contributed by atoms with van der Waals surface area (Å²) in [6.07, 6.45) is 1.74. The summed E-state index contributed by atoms with van der Waals surface area (Å²) >= 11 is 0. The molecule has 0 spiro atoms. The van der Waals surface area contributed by atoms with Gasteiger partial charge in [0.2, 0.25) is 10.0 Å². The van der Waals surface area contributed by atoms with Gasteiger partial charge >= 0.3 is 0 Å². The molecular formula is C21H29N3O3S. The van der Waals surface area contributed by atoms with Gasteiger partial charge in [0.15, 0.2) is 0 Å². The largest absolute Gasteiger partial charge is 0.347 e. The quantitative estimate of drug-likeness (QED) is 0.834. The average molecular weight is 404 g/mol. The van der Waals surface area contributed by atoms with Crippen LogP contribution in [0.5, 0.6) is 0 Å². The summed E-state index contributed by atoms with van der Waals surface area (Å²) in [4.78, 5) is 12.9. The number of carbonyl (C=O) groups excluding carboxylic acids is 1. The van der Waals surface area contributed by atoms with Crippen LogP contribution in [-0.2, 0) is 23.6 Å². The average Bonchev–Trinajstić information content (AvgIpc) is 2.97. The number of piperidine rings is 1. The molecule has 6 nitrogen and oxygen atoms in total. The number of benzene rings is 1. The Bertz CT molecular complexity index is 971. The Morgan fingerprint density at radius 2 is 1.82 bits per heavy atom. The van der Waals surface area contributed by atoms with Crippen LogP contribution in [0.4, 0.5) is 0 Å². The van der Waals surface area contributed by atoms with Crippen molar-refractivity contribution in [2.45, 2.75) is 45.1 Å². The van der Waals surface area contributed by atoms with Crippen LogP contribution in [0.3, 0.4) is 0 Å². The van der Waals surface area contributed by atoms with Crippen LogP contribution in [0.1, 0.15) is 47.1 Å². The van der Waals surface area contributed by atoms with Gasteiger partial charge in [-0.1, -0.05) is 31.2 Å². The summed E-state index contributed by atoms with van der Waals surface area (Å²) in [6.45, 7) is 7.37. The molecule has 0 aliphatic carbocycles. The van der Waals surface area contributed by atoms with Crippen molar-refractivity contribution in [1.82, 2.24) is 14.2 Å². The number of hydrogen-bond donors (Lipinski definition) is 1. The third-order valence-corrected chi connectivity index (χ3v) is 7.80. The molecule has 1 saturated heterocycles. The Morgan fingerprint density at radius 3 is 2.46 bits per heavy atom. The minimum absolute atomic E-state index is 0.227. The van der Waals surface area contributed by atoms with Gasteiger partial charge in [-0.05, 0) is 49.8 Å². The highest BCUT2D eigenvalue weighted by Gasteiger charge is 2.32. The Balaban J connectivity index is 1.80. The van der Waals surface area contributed by atoms with Gasteiger partial charge in [-0.25, -0.2) is 8.42 Å². The van der Waals surface area contributed by atoms with E-state index in [0.29, 0.717) is 36.9 Å². The van der Waals surface area contributed by atoms with E-state index in [1.807, 2.05) is 31.2 Å². The van der Waals surface area contributed by atoms with E-state index >= 15 is 0 Å². The van der Waals surface area contributed by atoms with E-state index in [2.05, 4.69) is 12.2 Å². The summed E-state index contributed by atoms with van der Waals surface area (Å²) in [7, 11) is -1.86. The van der Waals surface area contributed by atoms with Crippen LogP contribution in [-0.4, -0.2) is 36.3 Å². The number of amides is 1. The highest BCUT2D eigenvalue weighted by atomic mass is 32.2. The van der Waals surface area contributed by atoms with E-state index in [4.69, 9.17) is 0 Å². The van der Waals surface area contributed by atoms with Crippen molar-refractivity contribution in [1.29, 1.82) is 0 Å². The lowest BCUT2D eigenvalue weighted by atomic mass is 10.0. The molecule has 1 aromatic carbocycles. The maximum absolute atomic E-state index is 13.1. The van der Waals surface area contributed by atoms with Gasteiger partial charge in [0.05, 0.1) is 0 Å². The zero-order valence-corrected chi connectivity index (χ0v) is 17.8.